The van der Waals surface area contributed by atoms with Crippen molar-refractivity contribution in [3.05, 3.63) is 173 Å². The van der Waals surface area contributed by atoms with E-state index in [4.69, 9.17) is 9.47 Å². The van der Waals surface area contributed by atoms with Crippen LogP contribution in [0.25, 0.3) is 0 Å². The second-order valence-corrected chi connectivity index (χ2v) is 35.7. The summed E-state index contributed by atoms with van der Waals surface area (Å²) in [5.41, 5.74) is 1.97. The van der Waals surface area contributed by atoms with Gasteiger partial charge in [0.2, 0.25) is 0 Å². The van der Waals surface area contributed by atoms with Crippen molar-refractivity contribution in [2.24, 2.45) is 82.9 Å². The van der Waals surface area contributed by atoms with Crippen molar-refractivity contribution in [3.63, 3.8) is 0 Å². The molecule has 0 N–H and O–H groups in total. The van der Waals surface area contributed by atoms with Gasteiger partial charge in [0, 0.05) is 24.3 Å². The third-order valence-electron chi connectivity index (χ3n) is 27.9. The second kappa shape index (κ2) is 47.6. The lowest BCUT2D eigenvalue weighted by Crippen LogP contribution is -2.38. The van der Waals surface area contributed by atoms with Crippen molar-refractivity contribution in [1.29, 1.82) is 0 Å². The van der Waals surface area contributed by atoms with Crippen LogP contribution in [0.15, 0.2) is 97.6 Å². The molecule has 5 nitrogen and oxygen atoms in total. The summed E-state index contributed by atoms with van der Waals surface area (Å²) in [6.45, 7) is 12.8. The average Bonchev–Trinajstić information content (AvgIpc) is 0.810. The quantitative estimate of drug-likeness (QED) is 0.0154. The fourth-order valence-electron chi connectivity index (χ4n) is 20.7. The van der Waals surface area contributed by atoms with Gasteiger partial charge >= 0.3 is 18.0 Å². The van der Waals surface area contributed by atoms with Crippen molar-refractivity contribution >= 4 is 11.9 Å². The number of alkyl halides is 2. The molecule has 8 aliphatic carbocycles. The Kier molecular flexibility index (Phi) is 38.4. The highest BCUT2D eigenvalue weighted by Crippen LogP contribution is 2.49. The van der Waals surface area contributed by atoms with E-state index in [9.17, 15) is 66.7 Å². The van der Waals surface area contributed by atoms with Crippen LogP contribution in [0.2, 0.25) is 0 Å². The Morgan fingerprint density at radius 1 is 0.336 bits per heavy atom. The molecule has 8 fully saturated rings. The van der Waals surface area contributed by atoms with Gasteiger partial charge in [-0.25, -0.2) is 48.3 Å². The van der Waals surface area contributed by atoms with Crippen molar-refractivity contribution in [1.82, 2.24) is 0 Å². The monoisotopic (exact) mass is 1630 g/mol. The van der Waals surface area contributed by atoms with Gasteiger partial charge in [-0.15, -0.1) is 6.58 Å². The fraction of sp³-hybridized carbons (Fsp3) is 0.653. The molecule has 0 aromatic heterocycles. The summed E-state index contributed by atoms with van der Waals surface area (Å²) in [5.74, 6) is -4.44. The average molecular weight is 1640 g/mol. The van der Waals surface area contributed by atoms with E-state index in [0.29, 0.717) is 48.6 Å². The van der Waals surface area contributed by atoms with E-state index in [1.807, 2.05) is 0 Å². The lowest BCUT2D eigenvalue weighted by molar-refractivity contribution is -0.224. The third-order valence-corrected chi connectivity index (χ3v) is 27.9. The first kappa shape index (κ1) is 93.5. The van der Waals surface area contributed by atoms with E-state index < -0.39 is 81.8 Å². The minimum atomic E-state index is -3.53. The molecule has 0 radical (unpaired) electrons. The van der Waals surface area contributed by atoms with Gasteiger partial charge in [-0.1, -0.05) is 142 Å². The molecule has 13 rings (SSSR count). The van der Waals surface area contributed by atoms with Crippen LogP contribution in [0, 0.1) is 147 Å². The summed E-state index contributed by atoms with van der Waals surface area (Å²) < 4.78 is 188. The molecule has 0 amide bonds. The highest BCUT2D eigenvalue weighted by Gasteiger charge is 2.46. The summed E-state index contributed by atoms with van der Waals surface area (Å²) in [7, 11) is 0. The Labute approximate surface area is 684 Å². The van der Waals surface area contributed by atoms with Gasteiger partial charge in [0.1, 0.15) is 17.2 Å². The van der Waals surface area contributed by atoms with Gasteiger partial charge in [-0.05, 0) is 316 Å². The minimum Gasteiger partial charge on any atom is -0.432 e. The number of carbonyl (C=O) groups is 2. The first-order valence-corrected chi connectivity index (χ1v) is 44.9. The van der Waals surface area contributed by atoms with Crippen LogP contribution in [0.1, 0.15) is 327 Å². The molecule has 0 saturated heterocycles. The van der Waals surface area contributed by atoms with Gasteiger partial charge in [0.25, 0.3) is 0 Å². The SMILES string of the molecule is C=CC1CCC(C2CCC(c3ccc(F)c(F)c3)CC2)CC1.CCCC1CCC(C2CCC(C(F)(F)Oc3cc(F)c(F)c(F)c3)CC2)CC1.CCCC1CCC(C2CCC(c3ccc(F)c(F)c3)CC2)CC1.CCCCC1CCC(C(=O)Oc2ccc(F)c(F)c2)CC1.CCCCCC1CCC(C(=O)Oc2ccc(F)c(F)c2)CC1. The van der Waals surface area contributed by atoms with Crippen LogP contribution in [-0.2, 0) is 9.59 Å². The number of unbranched alkanes of at least 4 members (excludes halogenated alkanes) is 3. The van der Waals surface area contributed by atoms with Crippen molar-refractivity contribution in [2.75, 3.05) is 0 Å². The van der Waals surface area contributed by atoms with Crippen molar-refractivity contribution in [2.45, 2.75) is 322 Å². The second-order valence-electron chi connectivity index (χ2n) is 35.7. The van der Waals surface area contributed by atoms with Crippen LogP contribution in [0.5, 0.6) is 17.2 Å². The normalized spacial score (nSPS) is 27.6. The maximum absolute atomic E-state index is 14.5. The zero-order valence-electron chi connectivity index (χ0n) is 69.5. The summed E-state index contributed by atoms with van der Waals surface area (Å²) in [5, 5.41) is 0. The first-order valence-electron chi connectivity index (χ1n) is 44.9. The summed E-state index contributed by atoms with van der Waals surface area (Å²) in [6.07, 6.45) is 47.7. The van der Waals surface area contributed by atoms with Gasteiger partial charge in [-0.3, -0.25) is 9.59 Å². The van der Waals surface area contributed by atoms with E-state index in [1.165, 1.54) is 210 Å². The van der Waals surface area contributed by atoms with Gasteiger partial charge in [0.05, 0.1) is 17.8 Å². The van der Waals surface area contributed by atoms with E-state index in [1.54, 1.807) is 12.1 Å². The molecule has 0 unspecified atom stereocenters. The molecule has 0 aliphatic heterocycles. The van der Waals surface area contributed by atoms with Crippen LogP contribution in [0.3, 0.4) is 0 Å². The number of halogens is 13. The molecule has 0 heterocycles. The number of carbonyl (C=O) groups excluding carboxylic acids is 2. The predicted molar refractivity (Wildman–Crippen MR) is 434 cm³/mol. The van der Waals surface area contributed by atoms with Crippen LogP contribution in [0.4, 0.5) is 57.1 Å². The zero-order chi connectivity index (χ0) is 83.3. The molecule has 116 heavy (non-hydrogen) atoms. The Morgan fingerprint density at radius 2 is 0.647 bits per heavy atom. The van der Waals surface area contributed by atoms with Crippen LogP contribution in [-0.4, -0.2) is 18.0 Å². The molecule has 0 bridgehead atoms. The van der Waals surface area contributed by atoms with Gasteiger partial charge < -0.3 is 14.2 Å². The summed E-state index contributed by atoms with van der Waals surface area (Å²) in [4.78, 5) is 24.1. The molecule has 18 heteroatoms. The lowest BCUT2D eigenvalue weighted by Gasteiger charge is -2.39. The molecule has 0 atom stereocenters. The number of hydrogen-bond acceptors (Lipinski definition) is 5. The fourth-order valence-corrected chi connectivity index (χ4v) is 20.7. The highest BCUT2D eigenvalue weighted by atomic mass is 19.3. The van der Waals surface area contributed by atoms with Crippen LogP contribution >= 0.6 is 0 Å². The maximum atomic E-state index is 14.5. The number of ether oxygens (including phenoxy) is 3. The summed E-state index contributed by atoms with van der Waals surface area (Å²) in [6, 6.07) is 16.2. The standard InChI is InChI=1S/C22H29F5O.C21H30F2.C20H26F2.C18H24F2O2.C17H22F2O2/c1-2-3-14-4-6-15(7-5-14)16-8-10-17(11-9-16)22(26,27)28-18-12-19(23)21(25)20(24)13-18;1-2-3-15-4-6-16(7-5-15)17-8-10-18(11-9-17)19-12-13-20(22)21(23)14-19;1-2-14-3-5-15(6-4-14)16-7-9-17(10-8-16)18-11-12-19(21)20(22)13-18;1-2-3-4-5-13-6-8-14(9-7-13)18(21)22-15-10-11-16(19)17(20)12-15;1-2-3-4-12-5-7-13(8-6-12)17(20)21-14-9-10-15(18)16(19)11-14/h12-17H,2-11H2,1H3;12-18H,2-11H2,1H3;2,11-17H,1,3-10H2;10-14H,2-9H2,1H3;9-13H,2-8H2,1H3. The lowest BCUT2D eigenvalue weighted by atomic mass is 9.68. The Balaban J connectivity index is 0.000000166. The number of rotatable bonds is 24. The van der Waals surface area contributed by atoms with Crippen LogP contribution < -0.4 is 14.2 Å². The largest absolute Gasteiger partial charge is 0.432 e. The molecule has 5 aromatic carbocycles. The molecule has 8 saturated carbocycles. The first-order chi connectivity index (χ1) is 55.8. The molecule has 8 aliphatic rings. The molecular weight excluding hydrogens is 1500 g/mol. The Hall–Kier alpha value is -6.33. The summed E-state index contributed by atoms with van der Waals surface area (Å²) >= 11 is 0. The van der Waals surface area contributed by atoms with E-state index in [2.05, 4.69) is 45.1 Å². The van der Waals surface area contributed by atoms with Gasteiger partial charge in [-0.2, -0.15) is 8.78 Å². The van der Waals surface area contributed by atoms with Crippen molar-refractivity contribution < 1.29 is 80.9 Å². The Morgan fingerprint density at radius 3 is 0.991 bits per heavy atom. The number of allylic oxidation sites excluding steroid dienone is 1. The number of benzene rings is 5. The van der Waals surface area contributed by atoms with E-state index in [-0.39, 0.29) is 35.3 Å². The Bertz CT molecular complexity index is 3720. The van der Waals surface area contributed by atoms with Gasteiger partial charge in [0.15, 0.2) is 64.0 Å². The predicted octanol–water partition coefficient (Wildman–Crippen LogP) is 30.7. The highest BCUT2D eigenvalue weighted by molar-refractivity contribution is 5.75. The topological polar surface area (TPSA) is 61.8 Å². The molecule has 644 valence electrons. The smallest absolute Gasteiger partial charge is 0.400 e. The number of esters is 2. The van der Waals surface area contributed by atoms with E-state index in [0.717, 1.165) is 179 Å². The van der Waals surface area contributed by atoms with E-state index >= 15 is 0 Å². The number of hydrogen-bond donors (Lipinski definition) is 0. The molecular formula is C98H131F13O5. The third kappa shape index (κ3) is 29.0. The zero-order valence-corrected chi connectivity index (χ0v) is 69.5. The molecule has 5 aromatic rings. The van der Waals surface area contributed by atoms with Crippen molar-refractivity contribution in [3.8, 4) is 17.2 Å². The maximum Gasteiger partial charge on any atom is 0.400 e. The minimum absolute atomic E-state index is 0.0759. The molecule has 0 spiro atoms.